The van der Waals surface area contributed by atoms with Crippen molar-refractivity contribution in [2.45, 2.75) is 18.9 Å². The van der Waals surface area contributed by atoms with Crippen LogP contribution in [0.4, 0.5) is 0 Å². The second kappa shape index (κ2) is 6.92. The predicted molar refractivity (Wildman–Crippen MR) is 103 cm³/mol. The number of aromatic hydroxyl groups is 1. The average molecular weight is 381 g/mol. The first-order valence-corrected chi connectivity index (χ1v) is 8.83. The van der Waals surface area contributed by atoms with Crippen molar-refractivity contribution in [3.05, 3.63) is 52.2 Å². The van der Waals surface area contributed by atoms with Gasteiger partial charge in [-0.2, -0.15) is 0 Å². The Morgan fingerprint density at radius 2 is 1.86 bits per heavy atom. The number of nitrogens with one attached hydrogen (secondary N) is 1. The standard InChI is InChI=1S/C21H19NO6/c1-26-12-5-3-11(4-6-12)16-10-15(23)13-9-17(27-2)20(25)19(21(13)28-16)14-7-8-18(24)22-14/h3-6,9-10,14,25H,7-8H2,1-2H3,(H,22,24)/t14-/m0/s1. The Hall–Kier alpha value is -3.48. The molecule has 1 atom stereocenters. The Labute approximate surface area is 160 Å². The fourth-order valence-electron chi connectivity index (χ4n) is 3.49. The zero-order valence-corrected chi connectivity index (χ0v) is 15.4. The molecule has 144 valence electrons. The van der Waals surface area contributed by atoms with E-state index < -0.39 is 6.04 Å². The first-order valence-electron chi connectivity index (χ1n) is 8.83. The summed E-state index contributed by atoms with van der Waals surface area (Å²) in [6.45, 7) is 0. The number of hydrogen-bond donors (Lipinski definition) is 2. The van der Waals surface area contributed by atoms with Crippen LogP contribution in [-0.4, -0.2) is 25.2 Å². The van der Waals surface area contributed by atoms with Gasteiger partial charge in [-0.15, -0.1) is 0 Å². The maximum atomic E-state index is 12.8. The molecule has 1 aliphatic heterocycles. The molecule has 0 bridgehead atoms. The molecule has 0 aliphatic carbocycles. The van der Waals surface area contributed by atoms with Crippen molar-refractivity contribution in [2.75, 3.05) is 14.2 Å². The lowest BCUT2D eigenvalue weighted by atomic mass is 9.99. The Kier molecular flexibility index (Phi) is 4.43. The Morgan fingerprint density at radius 3 is 2.46 bits per heavy atom. The summed E-state index contributed by atoms with van der Waals surface area (Å²) in [5, 5.41) is 13.8. The van der Waals surface area contributed by atoms with Crippen LogP contribution in [0.2, 0.25) is 0 Å². The number of amides is 1. The lowest BCUT2D eigenvalue weighted by Gasteiger charge is -2.17. The summed E-state index contributed by atoms with van der Waals surface area (Å²) in [5.74, 6) is 0.943. The molecule has 1 fully saturated rings. The van der Waals surface area contributed by atoms with Gasteiger partial charge in [0.15, 0.2) is 16.9 Å². The summed E-state index contributed by atoms with van der Waals surface area (Å²) in [5.41, 5.74) is 1.02. The molecule has 0 radical (unpaired) electrons. The molecule has 1 saturated heterocycles. The van der Waals surface area contributed by atoms with Gasteiger partial charge in [-0.3, -0.25) is 9.59 Å². The molecule has 7 heteroatoms. The fraction of sp³-hybridized carbons (Fsp3) is 0.238. The summed E-state index contributed by atoms with van der Waals surface area (Å²) in [6, 6.07) is 9.49. The average Bonchev–Trinajstić information content (AvgIpc) is 3.13. The summed E-state index contributed by atoms with van der Waals surface area (Å²) in [7, 11) is 2.98. The molecular formula is C21H19NO6. The van der Waals surface area contributed by atoms with E-state index in [0.717, 1.165) is 0 Å². The smallest absolute Gasteiger partial charge is 0.220 e. The molecule has 28 heavy (non-hydrogen) atoms. The van der Waals surface area contributed by atoms with Gasteiger partial charge < -0.3 is 24.3 Å². The highest BCUT2D eigenvalue weighted by Gasteiger charge is 2.30. The van der Waals surface area contributed by atoms with Crippen molar-refractivity contribution in [1.82, 2.24) is 5.32 Å². The third-order valence-electron chi connectivity index (χ3n) is 4.93. The molecule has 0 spiro atoms. The number of fused-ring (bicyclic) bond motifs is 1. The van der Waals surface area contributed by atoms with Crippen molar-refractivity contribution in [1.29, 1.82) is 0 Å². The highest BCUT2D eigenvalue weighted by molar-refractivity contribution is 5.88. The third-order valence-corrected chi connectivity index (χ3v) is 4.93. The van der Waals surface area contributed by atoms with Crippen LogP contribution in [0.1, 0.15) is 24.4 Å². The summed E-state index contributed by atoms with van der Waals surface area (Å²) in [4.78, 5) is 24.5. The normalized spacial score (nSPS) is 16.2. The molecule has 1 aromatic heterocycles. The van der Waals surface area contributed by atoms with Crippen molar-refractivity contribution < 1.29 is 23.8 Å². The van der Waals surface area contributed by atoms with Gasteiger partial charge in [-0.25, -0.2) is 0 Å². The zero-order valence-electron chi connectivity index (χ0n) is 15.4. The maximum absolute atomic E-state index is 12.8. The van der Waals surface area contributed by atoms with Crippen molar-refractivity contribution in [2.24, 2.45) is 0 Å². The first-order chi connectivity index (χ1) is 13.5. The number of rotatable bonds is 4. The van der Waals surface area contributed by atoms with Crippen LogP contribution in [0, 0.1) is 0 Å². The van der Waals surface area contributed by atoms with Gasteiger partial charge in [-0.1, -0.05) is 0 Å². The van der Waals surface area contributed by atoms with Crippen LogP contribution >= 0.6 is 0 Å². The van der Waals surface area contributed by atoms with Crippen LogP contribution in [-0.2, 0) is 4.79 Å². The Morgan fingerprint density at radius 1 is 1.11 bits per heavy atom. The Balaban J connectivity index is 1.96. The number of phenolic OH excluding ortho intramolecular Hbond substituents is 1. The van der Waals surface area contributed by atoms with Gasteiger partial charge in [0, 0.05) is 18.1 Å². The van der Waals surface area contributed by atoms with Gasteiger partial charge in [0.25, 0.3) is 0 Å². The highest BCUT2D eigenvalue weighted by atomic mass is 16.5. The minimum absolute atomic E-state index is 0.117. The lowest BCUT2D eigenvalue weighted by molar-refractivity contribution is -0.119. The van der Waals surface area contributed by atoms with Crippen LogP contribution in [0.25, 0.3) is 22.3 Å². The molecule has 4 rings (SSSR count). The van der Waals surface area contributed by atoms with E-state index in [-0.39, 0.29) is 33.8 Å². The van der Waals surface area contributed by atoms with Crippen molar-refractivity contribution >= 4 is 16.9 Å². The van der Waals surface area contributed by atoms with Crippen LogP contribution < -0.4 is 20.2 Å². The van der Waals surface area contributed by atoms with Crippen molar-refractivity contribution in [3.8, 4) is 28.6 Å². The number of carbonyl (C=O) groups is 1. The predicted octanol–water partition coefficient (Wildman–Crippen LogP) is 3.13. The molecule has 7 nitrogen and oxygen atoms in total. The van der Waals surface area contributed by atoms with E-state index in [2.05, 4.69) is 5.32 Å². The Bertz CT molecular complexity index is 1120. The van der Waals surface area contributed by atoms with Gasteiger partial charge in [0.1, 0.15) is 17.1 Å². The number of benzene rings is 2. The minimum Gasteiger partial charge on any atom is -0.504 e. The van der Waals surface area contributed by atoms with Crippen LogP contribution in [0.15, 0.2) is 45.6 Å². The van der Waals surface area contributed by atoms with Crippen LogP contribution in [0.3, 0.4) is 0 Å². The minimum atomic E-state index is -0.459. The van der Waals surface area contributed by atoms with Crippen LogP contribution in [0.5, 0.6) is 17.2 Å². The second-order valence-electron chi connectivity index (χ2n) is 6.58. The van der Waals surface area contributed by atoms with Crippen molar-refractivity contribution in [3.63, 3.8) is 0 Å². The number of phenols is 1. The fourth-order valence-corrected chi connectivity index (χ4v) is 3.49. The molecule has 3 aromatic rings. The van der Waals surface area contributed by atoms with Gasteiger partial charge in [0.2, 0.25) is 5.91 Å². The van der Waals surface area contributed by atoms with E-state index in [9.17, 15) is 14.7 Å². The van der Waals surface area contributed by atoms with E-state index in [1.54, 1.807) is 31.4 Å². The summed E-state index contributed by atoms with van der Waals surface area (Å²) >= 11 is 0. The van der Waals surface area contributed by atoms with E-state index in [4.69, 9.17) is 13.9 Å². The van der Waals surface area contributed by atoms with E-state index in [0.29, 0.717) is 35.5 Å². The first kappa shape index (κ1) is 17.9. The third kappa shape index (κ3) is 2.94. The van der Waals surface area contributed by atoms with Gasteiger partial charge >= 0.3 is 0 Å². The quantitative estimate of drug-likeness (QED) is 0.721. The number of ether oxygens (including phenoxy) is 2. The zero-order chi connectivity index (χ0) is 19.8. The maximum Gasteiger partial charge on any atom is 0.220 e. The number of methoxy groups -OCH3 is 2. The monoisotopic (exact) mass is 381 g/mol. The molecule has 0 unspecified atom stereocenters. The van der Waals surface area contributed by atoms with Gasteiger partial charge in [0.05, 0.1) is 31.2 Å². The molecule has 2 N–H and O–H groups in total. The SMILES string of the molecule is COc1ccc(-c2cc(=O)c3cc(OC)c(O)c([C@@H]4CCC(=O)N4)c3o2)cc1. The van der Waals surface area contributed by atoms with E-state index >= 15 is 0 Å². The molecule has 2 heterocycles. The highest BCUT2D eigenvalue weighted by Crippen LogP contribution is 2.42. The molecule has 1 aliphatic rings. The van der Waals surface area contributed by atoms with Gasteiger partial charge in [-0.05, 0) is 36.8 Å². The number of carbonyl (C=O) groups excluding carboxylic acids is 1. The number of hydrogen-bond acceptors (Lipinski definition) is 6. The lowest BCUT2D eigenvalue weighted by Crippen LogP contribution is -2.19. The topological polar surface area (TPSA) is 98.0 Å². The molecule has 0 saturated carbocycles. The van der Waals surface area contributed by atoms with E-state index in [1.807, 2.05) is 0 Å². The molecule has 2 aromatic carbocycles. The van der Waals surface area contributed by atoms with E-state index in [1.165, 1.54) is 19.2 Å². The second-order valence-corrected chi connectivity index (χ2v) is 6.58. The molecular weight excluding hydrogens is 362 g/mol. The largest absolute Gasteiger partial charge is 0.504 e. The summed E-state index contributed by atoms with van der Waals surface area (Å²) < 4.78 is 16.4. The molecule has 1 amide bonds. The summed E-state index contributed by atoms with van der Waals surface area (Å²) in [6.07, 6.45) is 0.830.